The number of allylic oxidation sites excluding steroid dienone is 3. The van der Waals surface area contributed by atoms with Gasteiger partial charge in [-0.1, -0.05) is 30.7 Å². The van der Waals surface area contributed by atoms with Gasteiger partial charge in [0.2, 0.25) is 0 Å². The molecule has 0 aliphatic heterocycles. The first kappa shape index (κ1) is 9.70. The molecule has 0 N–H and O–H groups in total. The van der Waals surface area contributed by atoms with Gasteiger partial charge >= 0.3 is 0 Å². The number of ketones is 1. The molecule has 2 aliphatic carbocycles. The molecule has 2 bridgehead atoms. The molecule has 0 amide bonds. The minimum absolute atomic E-state index is 0.124. The van der Waals surface area contributed by atoms with Gasteiger partial charge in [-0.15, -0.1) is 0 Å². The zero-order valence-corrected chi connectivity index (χ0v) is 9.10. The highest BCUT2D eigenvalue weighted by Gasteiger charge is 2.38. The minimum atomic E-state index is 0.124. The average Bonchev–Trinajstić information content (AvgIpc) is 2.17. The van der Waals surface area contributed by atoms with E-state index in [1.807, 2.05) is 0 Å². The second kappa shape index (κ2) is 3.08. The Morgan fingerprint density at radius 3 is 3.00 bits per heavy atom. The van der Waals surface area contributed by atoms with Gasteiger partial charge in [-0.3, -0.25) is 4.79 Å². The highest BCUT2D eigenvalue weighted by molar-refractivity contribution is 5.82. The minimum Gasteiger partial charge on any atom is -0.299 e. The topological polar surface area (TPSA) is 17.1 Å². The van der Waals surface area contributed by atoms with Gasteiger partial charge in [0.1, 0.15) is 5.78 Å². The fourth-order valence-electron chi connectivity index (χ4n) is 2.77. The summed E-state index contributed by atoms with van der Waals surface area (Å²) < 4.78 is 0. The number of fused-ring (bicyclic) bond motifs is 2. The third-order valence-corrected chi connectivity index (χ3v) is 3.95. The number of Topliss-reactive ketones (excluding diaryl/α,β-unsaturated/α-hetero) is 1. The van der Waals surface area contributed by atoms with Crippen LogP contribution in [-0.4, -0.2) is 5.78 Å². The van der Waals surface area contributed by atoms with Crippen molar-refractivity contribution in [1.82, 2.24) is 0 Å². The molecule has 0 spiro atoms. The van der Waals surface area contributed by atoms with Crippen LogP contribution in [0.1, 0.15) is 39.5 Å². The number of hydrogen-bond acceptors (Lipinski definition) is 1. The smallest absolute Gasteiger partial charge is 0.137 e. The van der Waals surface area contributed by atoms with Crippen molar-refractivity contribution >= 4 is 5.78 Å². The summed E-state index contributed by atoms with van der Waals surface area (Å²) in [7, 11) is 0. The van der Waals surface area contributed by atoms with Crippen LogP contribution in [0.5, 0.6) is 0 Å². The van der Waals surface area contributed by atoms with Gasteiger partial charge < -0.3 is 0 Å². The lowest BCUT2D eigenvalue weighted by Gasteiger charge is -2.35. The van der Waals surface area contributed by atoms with Crippen LogP contribution in [0.2, 0.25) is 0 Å². The number of carbonyl (C=O) groups excluding carboxylic acids is 1. The zero-order valence-electron chi connectivity index (χ0n) is 9.10. The summed E-state index contributed by atoms with van der Waals surface area (Å²) in [6.07, 6.45) is 5.84. The number of carbonyl (C=O) groups is 1. The first-order valence-corrected chi connectivity index (χ1v) is 5.38. The summed E-state index contributed by atoms with van der Waals surface area (Å²) in [5.74, 6) is 0.921. The van der Waals surface area contributed by atoms with E-state index in [4.69, 9.17) is 0 Å². The molecule has 76 valence electrons. The molecular formula is C13H18O. The molecule has 2 atom stereocenters. The van der Waals surface area contributed by atoms with Crippen LogP contribution in [0.4, 0.5) is 0 Å². The maximum atomic E-state index is 11.7. The van der Waals surface area contributed by atoms with Crippen molar-refractivity contribution < 1.29 is 4.79 Å². The van der Waals surface area contributed by atoms with Crippen LogP contribution in [0.25, 0.3) is 0 Å². The third-order valence-electron chi connectivity index (χ3n) is 3.95. The van der Waals surface area contributed by atoms with Crippen molar-refractivity contribution in [1.29, 1.82) is 0 Å². The van der Waals surface area contributed by atoms with Gasteiger partial charge in [-0.2, -0.15) is 0 Å². The number of rotatable bonds is 0. The Labute approximate surface area is 85.9 Å². The van der Waals surface area contributed by atoms with Crippen molar-refractivity contribution in [3.8, 4) is 0 Å². The molecule has 1 saturated carbocycles. The largest absolute Gasteiger partial charge is 0.299 e. The molecule has 2 aliphatic rings. The van der Waals surface area contributed by atoms with E-state index in [0.717, 1.165) is 18.4 Å². The van der Waals surface area contributed by atoms with Gasteiger partial charge in [0.25, 0.3) is 0 Å². The SMILES string of the molecule is C=C1CC(=O)C[C@]2(C)C[C@H]1CC=C2C. The summed E-state index contributed by atoms with van der Waals surface area (Å²) in [5.41, 5.74) is 2.68. The van der Waals surface area contributed by atoms with Crippen LogP contribution >= 0.6 is 0 Å². The summed E-state index contributed by atoms with van der Waals surface area (Å²) in [6, 6.07) is 0. The summed E-state index contributed by atoms with van der Waals surface area (Å²) in [6.45, 7) is 8.44. The predicted molar refractivity (Wildman–Crippen MR) is 58.0 cm³/mol. The van der Waals surface area contributed by atoms with Crippen molar-refractivity contribution in [3.05, 3.63) is 23.8 Å². The molecule has 1 heteroatoms. The van der Waals surface area contributed by atoms with Crippen LogP contribution in [0.3, 0.4) is 0 Å². The van der Waals surface area contributed by atoms with E-state index < -0.39 is 0 Å². The fourth-order valence-corrected chi connectivity index (χ4v) is 2.77. The lowest BCUT2D eigenvalue weighted by atomic mass is 9.69. The molecular weight excluding hydrogens is 172 g/mol. The Morgan fingerprint density at radius 1 is 1.57 bits per heavy atom. The zero-order chi connectivity index (χ0) is 10.3. The molecule has 0 aromatic carbocycles. The van der Waals surface area contributed by atoms with E-state index in [0.29, 0.717) is 24.5 Å². The second-order valence-corrected chi connectivity index (χ2v) is 5.14. The number of hydrogen-bond donors (Lipinski definition) is 0. The molecule has 1 fully saturated rings. The molecule has 0 heterocycles. The third kappa shape index (κ3) is 1.45. The van der Waals surface area contributed by atoms with Gasteiger partial charge in [0, 0.05) is 12.8 Å². The maximum absolute atomic E-state index is 11.7. The van der Waals surface area contributed by atoms with Crippen LogP contribution < -0.4 is 0 Å². The first-order chi connectivity index (χ1) is 6.51. The standard InChI is InChI=1S/C13H18O/c1-9-6-12(14)8-13(3)7-11(9)5-4-10(13)2/h4,11H,1,5-8H2,2-3H3/t11-,13+/m1/s1. The Hall–Kier alpha value is -0.850. The normalized spacial score (nSPS) is 37.9. The van der Waals surface area contributed by atoms with E-state index in [1.165, 1.54) is 5.57 Å². The first-order valence-electron chi connectivity index (χ1n) is 5.38. The molecule has 2 rings (SSSR count). The highest BCUT2D eigenvalue weighted by atomic mass is 16.1. The van der Waals surface area contributed by atoms with Crippen LogP contribution in [0, 0.1) is 11.3 Å². The fraction of sp³-hybridized carbons (Fsp3) is 0.615. The van der Waals surface area contributed by atoms with E-state index in [2.05, 4.69) is 26.5 Å². The molecule has 0 radical (unpaired) electrons. The Kier molecular flexibility index (Phi) is 2.13. The van der Waals surface area contributed by atoms with Crippen molar-refractivity contribution in [3.63, 3.8) is 0 Å². The van der Waals surface area contributed by atoms with Crippen LogP contribution in [0.15, 0.2) is 23.8 Å². The van der Waals surface area contributed by atoms with Gasteiger partial charge in [0.05, 0.1) is 0 Å². The summed E-state index contributed by atoms with van der Waals surface area (Å²) in [4.78, 5) is 11.7. The van der Waals surface area contributed by atoms with Gasteiger partial charge in [-0.05, 0) is 31.1 Å². The van der Waals surface area contributed by atoms with E-state index >= 15 is 0 Å². The average molecular weight is 190 g/mol. The van der Waals surface area contributed by atoms with Crippen molar-refractivity contribution in [2.24, 2.45) is 11.3 Å². The summed E-state index contributed by atoms with van der Waals surface area (Å²) in [5, 5.41) is 0. The second-order valence-electron chi connectivity index (χ2n) is 5.14. The van der Waals surface area contributed by atoms with Crippen LogP contribution in [-0.2, 0) is 4.79 Å². The van der Waals surface area contributed by atoms with Crippen molar-refractivity contribution in [2.45, 2.75) is 39.5 Å². The van der Waals surface area contributed by atoms with E-state index in [-0.39, 0.29) is 5.41 Å². The molecule has 0 saturated heterocycles. The monoisotopic (exact) mass is 190 g/mol. The van der Waals surface area contributed by atoms with Gasteiger partial charge in [0.15, 0.2) is 0 Å². The highest BCUT2D eigenvalue weighted by Crippen LogP contribution is 2.47. The molecule has 0 unspecified atom stereocenters. The van der Waals surface area contributed by atoms with Crippen molar-refractivity contribution in [2.75, 3.05) is 0 Å². The van der Waals surface area contributed by atoms with E-state index in [9.17, 15) is 4.79 Å². The maximum Gasteiger partial charge on any atom is 0.137 e. The molecule has 14 heavy (non-hydrogen) atoms. The Morgan fingerprint density at radius 2 is 2.29 bits per heavy atom. The lowest BCUT2D eigenvalue weighted by Crippen LogP contribution is -2.25. The molecule has 0 aromatic heterocycles. The summed E-state index contributed by atoms with van der Waals surface area (Å²) >= 11 is 0. The van der Waals surface area contributed by atoms with Gasteiger partial charge in [-0.25, -0.2) is 0 Å². The quantitative estimate of drug-likeness (QED) is 0.536. The Balaban J connectivity index is 2.39. The Bertz CT molecular complexity index is 324. The molecule has 1 nitrogen and oxygen atoms in total. The van der Waals surface area contributed by atoms with E-state index in [1.54, 1.807) is 0 Å². The predicted octanol–water partition coefficient (Wildman–Crippen LogP) is 3.27. The molecule has 0 aromatic rings. The lowest BCUT2D eigenvalue weighted by molar-refractivity contribution is -0.119.